The predicted octanol–water partition coefficient (Wildman–Crippen LogP) is 2.60. The average molecular weight is 1140 g/mol. The molecule has 6 rings (SSSR count). The van der Waals surface area contributed by atoms with Crippen LogP contribution in [0, 0.1) is 16.2 Å². The standard InChI is InChI=1S/C18H25NO8.2C18H27NO7.CH4/c1-18(2,3)8-9-4-6-10(7-5-9)19-17(25)27-16-13(22)11(20)12(21)14(26-16)15(23)24;2*1-18(2,3)8-10-4-6-11(7-5-10)19-17(24)26-16-15(23)14(22)13(21)12(9-20)25-16;/h4-7,11-14,16,20-22H,8H2,1-3H3,(H,19,25)(H,23,24);2*4-7,12-16,20-23H,8-9H2,1-3H3,(H,19,24);1H4. The van der Waals surface area contributed by atoms with Gasteiger partial charge in [0.05, 0.1) is 13.2 Å². The highest BCUT2D eigenvalue weighted by atomic mass is 16.7. The summed E-state index contributed by atoms with van der Waals surface area (Å²) in [4.78, 5) is 47.0. The van der Waals surface area contributed by atoms with E-state index in [1.54, 1.807) is 36.4 Å². The molecule has 15 atom stereocenters. The highest BCUT2D eigenvalue weighted by molar-refractivity contribution is 5.86. The van der Waals surface area contributed by atoms with Crippen molar-refractivity contribution in [3.8, 4) is 0 Å². The zero-order valence-electron chi connectivity index (χ0n) is 45.6. The molecule has 3 saturated heterocycles. The van der Waals surface area contributed by atoms with E-state index in [1.807, 2.05) is 36.4 Å². The van der Waals surface area contributed by atoms with Crippen molar-refractivity contribution in [3.05, 3.63) is 89.5 Å². The van der Waals surface area contributed by atoms with Crippen molar-refractivity contribution >= 4 is 41.3 Å². The lowest BCUT2D eigenvalue weighted by molar-refractivity contribution is -0.284. The molecule has 0 bridgehead atoms. The van der Waals surface area contributed by atoms with Crippen LogP contribution in [-0.4, -0.2) is 191 Å². The van der Waals surface area contributed by atoms with Gasteiger partial charge in [-0.1, -0.05) is 106 Å². The van der Waals surface area contributed by atoms with Crippen LogP contribution in [0.1, 0.15) is 86.4 Å². The van der Waals surface area contributed by atoms with E-state index < -0.39 is 130 Å². The SMILES string of the molecule is C.CC(C)(C)Cc1ccc(NC(=O)OC2OC(C(=O)O)C(O)C(O)C2O)cc1.CC(C)(C)Cc1ccc(NC(=O)OC2OC(CO)C(O)C(O)C2O)cc1.CC(C)(C)Cc1ccc(NC(=O)OC2OC(CO)C(O)C(O)C2O)cc1. The first-order chi connectivity index (χ1) is 36.7. The zero-order valence-corrected chi connectivity index (χ0v) is 45.6. The Bertz CT molecular complexity index is 2280. The topological polar surface area (TPSA) is 403 Å². The van der Waals surface area contributed by atoms with Crippen LogP contribution in [0.2, 0.25) is 0 Å². The molecule has 0 aromatic heterocycles. The quantitative estimate of drug-likeness (QED) is 0.116. The summed E-state index contributed by atoms with van der Waals surface area (Å²) in [5.41, 5.74) is 5.19. The molecule has 0 spiro atoms. The monoisotopic (exact) mass is 1140 g/mol. The number of carbonyl (C=O) groups excluding carboxylic acids is 3. The molecule has 3 aromatic carbocycles. The van der Waals surface area contributed by atoms with Gasteiger partial charge in [-0.25, -0.2) is 19.2 Å². The Morgan fingerprint density at radius 1 is 0.412 bits per heavy atom. The van der Waals surface area contributed by atoms with Crippen LogP contribution >= 0.6 is 0 Å². The highest BCUT2D eigenvalue weighted by Gasteiger charge is 2.49. The minimum absolute atomic E-state index is 0. The number of nitrogens with one attached hydrogen (secondary N) is 3. The van der Waals surface area contributed by atoms with Crippen LogP contribution in [0.25, 0.3) is 0 Å². The third-order valence-corrected chi connectivity index (χ3v) is 12.0. The second-order valence-corrected chi connectivity index (χ2v) is 23.0. The van der Waals surface area contributed by atoms with Gasteiger partial charge in [-0.05, 0) is 88.6 Å². The van der Waals surface area contributed by atoms with Crippen molar-refractivity contribution in [3.63, 3.8) is 0 Å². The van der Waals surface area contributed by atoms with E-state index in [4.69, 9.17) is 43.7 Å². The Labute approximate surface area is 465 Å². The van der Waals surface area contributed by atoms with Gasteiger partial charge in [0.25, 0.3) is 0 Å². The lowest BCUT2D eigenvalue weighted by Crippen LogP contribution is -2.60. The molecule has 3 aromatic rings. The molecule has 80 heavy (non-hydrogen) atoms. The number of ether oxygens (including phenoxy) is 6. The molecule has 15 N–H and O–H groups in total. The Hall–Kier alpha value is -5.62. The van der Waals surface area contributed by atoms with Crippen LogP contribution < -0.4 is 16.0 Å². The maximum absolute atomic E-state index is 12.0. The molecule has 3 fully saturated rings. The van der Waals surface area contributed by atoms with Gasteiger partial charge in [-0.2, -0.15) is 0 Å². The molecule has 0 radical (unpaired) electrons. The molecule has 3 aliphatic rings. The third kappa shape index (κ3) is 21.4. The minimum atomic E-state index is -1.85. The molecule has 0 saturated carbocycles. The summed E-state index contributed by atoms with van der Waals surface area (Å²) in [6.07, 6.45) is -24.0. The fraction of sp³-hybridized carbons (Fsp3) is 0.600. The number of aliphatic hydroxyl groups is 11. The van der Waals surface area contributed by atoms with E-state index in [-0.39, 0.29) is 23.7 Å². The van der Waals surface area contributed by atoms with Gasteiger partial charge in [-0.3, -0.25) is 16.0 Å². The van der Waals surface area contributed by atoms with Crippen molar-refractivity contribution in [2.45, 2.75) is 181 Å². The van der Waals surface area contributed by atoms with E-state index in [0.29, 0.717) is 17.1 Å². The number of hydrogen-bond acceptors (Lipinski definition) is 21. The van der Waals surface area contributed by atoms with E-state index in [9.17, 15) is 65.1 Å². The smallest absolute Gasteiger partial charge is 0.414 e. The first-order valence-corrected chi connectivity index (χ1v) is 25.4. The normalized spacial score (nSPS) is 28.6. The van der Waals surface area contributed by atoms with Crippen molar-refractivity contribution < 1.29 is 109 Å². The number of carboxylic acid groups (broad SMARTS) is 1. The summed E-state index contributed by atoms with van der Waals surface area (Å²) in [5.74, 6) is -1.56. The second-order valence-electron chi connectivity index (χ2n) is 23.0. The van der Waals surface area contributed by atoms with Crippen molar-refractivity contribution in [2.24, 2.45) is 16.2 Å². The maximum Gasteiger partial charge on any atom is 0.414 e. The largest absolute Gasteiger partial charge is 0.479 e. The van der Waals surface area contributed by atoms with Crippen molar-refractivity contribution in [1.82, 2.24) is 0 Å². The van der Waals surface area contributed by atoms with Gasteiger partial charge in [0.15, 0.2) is 6.10 Å². The maximum atomic E-state index is 12.0. The summed E-state index contributed by atoms with van der Waals surface area (Å²) >= 11 is 0. The molecule has 25 heteroatoms. The molecule has 3 amide bonds. The molecule has 3 heterocycles. The molecule has 0 aliphatic carbocycles. The van der Waals surface area contributed by atoms with Crippen LogP contribution in [-0.2, 0) is 52.5 Å². The summed E-state index contributed by atoms with van der Waals surface area (Å²) in [7, 11) is 0. The Kier molecular flexibility index (Phi) is 25.7. The van der Waals surface area contributed by atoms with Gasteiger partial charge in [0.2, 0.25) is 18.9 Å². The molecule has 25 nitrogen and oxygen atoms in total. The lowest BCUT2D eigenvalue weighted by atomic mass is 9.88. The van der Waals surface area contributed by atoms with Crippen LogP contribution in [0.4, 0.5) is 31.4 Å². The number of hydrogen-bond donors (Lipinski definition) is 15. The summed E-state index contributed by atoms with van der Waals surface area (Å²) in [6, 6.07) is 21.6. The lowest BCUT2D eigenvalue weighted by Gasteiger charge is -2.39. The Morgan fingerprint density at radius 3 is 0.900 bits per heavy atom. The number of rotatable bonds is 12. The Morgan fingerprint density at radius 2 is 0.662 bits per heavy atom. The van der Waals surface area contributed by atoms with Gasteiger partial charge in [0.1, 0.15) is 67.1 Å². The second kappa shape index (κ2) is 29.9. The zero-order chi connectivity index (χ0) is 59.3. The number of carbonyl (C=O) groups is 4. The average Bonchev–Trinajstić information content (AvgIpc) is 3.35. The van der Waals surface area contributed by atoms with Crippen LogP contribution in [0.15, 0.2) is 72.8 Å². The fourth-order valence-corrected chi connectivity index (χ4v) is 8.19. The van der Waals surface area contributed by atoms with E-state index in [2.05, 4.69) is 78.3 Å². The fourth-order valence-electron chi connectivity index (χ4n) is 8.19. The van der Waals surface area contributed by atoms with E-state index in [0.717, 1.165) is 36.0 Å². The van der Waals surface area contributed by atoms with Gasteiger partial charge in [-0.15, -0.1) is 0 Å². The van der Waals surface area contributed by atoms with Crippen LogP contribution in [0.3, 0.4) is 0 Å². The van der Waals surface area contributed by atoms with Crippen molar-refractivity contribution in [2.75, 3.05) is 29.2 Å². The Balaban J connectivity index is 0.000000313. The van der Waals surface area contributed by atoms with E-state index >= 15 is 0 Å². The number of amides is 3. The minimum Gasteiger partial charge on any atom is -0.479 e. The van der Waals surface area contributed by atoms with Crippen molar-refractivity contribution in [1.29, 1.82) is 0 Å². The van der Waals surface area contributed by atoms with Gasteiger partial charge >= 0.3 is 24.2 Å². The number of anilines is 3. The van der Waals surface area contributed by atoms with Crippen LogP contribution in [0.5, 0.6) is 0 Å². The summed E-state index contributed by atoms with van der Waals surface area (Å²) in [6.45, 7) is 18.0. The van der Waals surface area contributed by atoms with Gasteiger partial charge in [0, 0.05) is 17.1 Å². The third-order valence-electron chi connectivity index (χ3n) is 12.0. The number of aliphatic hydroxyl groups excluding tert-OH is 11. The number of benzene rings is 3. The molecule has 450 valence electrons. The summed E-state index contributed by atoms with van der Waals surface area (Å²) in [5, 5.41) is 122. The number of carboxylic acids is 1. The first kappa shape index (κ1) is 68.7. The van der Waals surface area contributed by atoms with Gasteiger partial charge < -0.3 is 89.7 Å². The number of aliphatic carboxylic acids is 1. The molecular weight excluding hydrogens is 1050 g/mol. The molecule has 3 aliphatic heterocycles. The highest BCUT2D eigenvalue weighted by Crippen LogP contribution is 2.28. The van der Waals surface area contributed by atoms with E-state index in [1.165, 1.54) is 0 Å². The molecular formula is C55H83N3O22. The summed E-state index contributed by atoms with van der Waals surface area (Å²) < 4.78 is 29.9. The first-order valence-electron chi connectivity index (χ1n) is 25.4. The predicted molar refractivity (Wildman–Crippen MR) is 288 cm³/mol. The molecule has 15 unspecified atom stereocenters.